The van der Waals surface area contributed by atoms with Gasteiger partial charge in [0.1, 0.15) is 12.4 Å². The second kappa shape index (κ2) is 16.7. The molecule has 0 amide bonds. The van der Waals surface area contributed by atoms with E-state index >= 15 is 0 Å². The number of aryl methyl sites for hydroxylation is 2. The molecule has 0 unspecified atom stereocenters. The first-order valence-electron chi connectivity index (χ1n) is 12.8. The number of hydrogen-bond donors (Lipinski definition) is 2. The molecule has 0 aliphatic rings. The predicted octanol–water partition coefficient (Wildman–Crippen LogP) is 6.73. The second-order valence-electron chi connectivity index (χ2n) is 8.54. The Hall–Kier alpha value is -2.97. The summed E-state index contributed by atoms with van der Waals surface area (Å²) in [6, 6.07) is 10.1. The number of ether oxygens (including phenoxy) is 1. The van der Waals surface area contributed by atoms with Crippen molar-refractivity contribution in [1.29, 1.82) is 0 Å². The van der Waals surface area contributed by atoms with Crippen molar-refractivity contribution in [3.05, 3.63) is 88.2 Å². The van der Waals surface area contributed by atoms with Gasteiger partial charge in [0.25, 0.3) is 5.56 Å². The molecule has 37 heavy (non-hydrogen) atoms. The van der Waals surface area contributed by atoms with Crippen molar-refractivity contribution in [1.82, 2.24) is 15.6 Å². The third kappa shape index (κ3) is 9.44. The zero-order valence-corrected chi connectivity index (χ0v) is 23.6. The van der Waals surface area contributed by atoms with Crippen molar-refractivity contribution < 1.29 is 9.57 Å². The highest BCUT2D eigenvalue weighted by Crippen LogP contribution is 2.35. The quantitative estimate of drug-likeness (QED) is 0.148. The molecule has 6 nitrogen and oxygen atoms in total. The summed E-state index contributed by atoms with van der Waals surface area (Å²) in [5.41, 5.74) is 8.51. The molecule has 3 aromatic rings. The van der Waals surface area contributed by atoms with Gasteiger partial charge in [-0.1, -0.05) is 63.3 Å². The molecular weight excluding hydrogens is 482 g/mol. The van der Waals surface area contributed by atoms with Crippen LogP contribution in [0.5, 0.6) is 5.75 Å². The number of rotatable bonds is 13. The van der Waals surface area contributed by atoms with Crippen LogP contribution in [0, 0.1) is 0 Å². The summed E-state index contributed by atoms with van der Waals surface area (Å²) in [7, 11) is 3.39. The topological polar surface area (TPSA) is 64.5 Å². The van der Waals surface area contributed by atoms with Crippen molar-refractivity contribution in [2.24, 2.45) is 7.05 Å². The van der Waals surface area contributed by atoms with Gasteiger partial charge in [0.05, 0.1) is 12.5 Å². The van der Waals surface area contributed by atoms with Gasteiger partial charge in [0.2, 0.25) is 0 Å². The first-order chi connectivity index (χ1) is 18.0. The molecule has 0 saturated heterocycles. The average Bonchev–Trinajstić information content (AvgIpc) is 3.35. The molecule has 0 atom stereocenters. The lowest BCUT2D eigenvalue weighted by molar-refractivity contribution is 0.0558. The van der Waals surface area contributed by atoms with E-state index in [1.54, 1.807) is 23.0 Å². The number of unbranched alkanes of at least 4 members (excludes halogenated alkanes) is 1. The highest BCUT2D eigenvalue weighted by molar-refractivity contribution is 7.19. The number of aromatic nitrogens is 1. The number of nitrogens with zero attached hydrogens (tertiary/aromatic N) is 1. The number of pyridine rings is 1. The fourth-order valence-electron chi connectivity index (χ4n) is 3.54. The van der Waals surface area contributed by atoms with Gasteiger partial charge in [-0.05, 0) is 55.5 Å². The summed E-state index contributed by atoms with van der Waals surface area (Å²) in [6.45, 7) is 11.5. The number of nitrogens with one attached hydrogen (secondary N) is 2. The number of hydrogen-bond acceptors (Lipinski definition) is 6. The zero-order chi connectivity index (χ0) is 27.0. The maximum absolute atomic E-state index is 12.7. The number of thiophene rings is 1. The van der Waals surface area contributed by atoms with E-state index < -0.39 is 0 Å². The Labute approximate surface area is 225 Å². The van der Waals surface area contributed by atoms with Crippen molar-refractivity contribution >= 4 is 21.4 Å². The number of benzene rings is 1. The van der Waals surface area contributed by atoms with E-state index in [4.69, 9.17) is 4.74 Å². The van der Waals surface area contributed by atoms with Gasteiger partial charge < -0.3 is 9.30 Å². The normalized spacial score (nSPS) is 11.5. The van der Waals surface area contributed by atoms with Crippen LogP contribution in [0.1, 0.15) is 44.9 Å². The fraction of sp³-hybridized carbons (Fsp3) is 0.367. The third-order valence-electron chi connectivity index (χ3n) is 5.54. The highest BCUT2D eigenvalue weighted by Gasteiger charge is 2.14. The van der Waals surface area contributed by atoms with Gasteiger partial charge >= 0.3 is 0 Å². The van der Waals surface area contributed by atoms with Crippen LogP contribution in [-0.4, -0.2) is 24.8 Å². The van der Waals surface area contributed by atoms with Crippen LogP contribution >= 0.6 is 11.3 Å². The highest BCUT2D eigenvalue weighted by atomic mass is 32.1. The van der Waals surface area contributed by atoms with Crippen LogP contribution in [0.25, 0.3) is 21.2 Å². The van der Waals surface area contributed by atoms with Crippen molar-refractivity contribution in [3.63, 3.8) is 0 Å². The van der Waals surface area contributed by atoms with Crippen LogP contribution in [0.3, 0.4) is 0 Å². The Balaban J connectivity index is 0.000000604. The Morgan fingerprint density at radius 3 is 2.70 bits per heavy atom. The summed E-state index contributed by atoms with van der Waals surface area (Å²) in [5, 5.41) is 0.806. The monoisotopic (exact) mass is 523 g/mol. The minimum Gasteiger partial charge on any atom is -0.489 e. The van der Waals surface area contributed by atoms with E-state index in [9.17, 15) is 4.79 Å². The maximum atomic E-state index is 12.7. The first kappa shape index (κ1) is 30.3. The number of allylic oxidation sites excluding steroid dienone is 3. The summed E-state index contributed by atoms with van der Waals surface area (Å²) in [4.78, 5) is 18.4. The average molecular weight is 524 g/mol. The van der Waals surface area contributed by atoms with Crippen molar-refractivity contribution in [2.45, 2.75) is 46.5 Å². The van der Waals surface area contributed by atoms with Crippen LogP contribution in [0.15, 0.2) is 77.8 Å². The summed E-state index contributed by atoms with van der Waals surface area (Å²) in [6.07, 6.45) is 14.1. The lowest BCUT2D eigenvalue weighted by Gasteiger charge is -2.10. The summed E-state index contributed by atoms with van der Waals surface area (Å²) < 4.78 is 8.74. The van der Waals surface area contributed by atoms with Crippen molar-refractivity contribution in [3.8, 4) is 16.9 Å². The SMILES string of the molecule is C=C/C(=C\C=C/C)COc1cccc(-c2cn(C)c(=O)c3cc(CCCC)sc23)c1.CCCNNOC. The molecule has 1 aromatic carbocycles. The molecule has 0 aliphatic carbocycles. The molecule has 0 spiro atoms. The third-order valence-corrected chi connectivity index (χ3v) is 6.77. The molecule has 200 valence electrons. The molecule has 2 N–H and O–H groups in total. The maximum Gasteiger partial charge on any atom is 0.259 e. The van der Waals surface area contributed by atoms with Crippen LogP contribution in [-0.2, 0) is 18.3 Å². The Bertz CT molecular complexity index is 1240. The first-order valence-corrected chi connectivity index (χ1v) is 13.6. The van der Waals surface area contributed by atoms with Gasteiger partial charge in [-0.2, -0.15) is 0 Å². The van der Waals surface area contributed by atoms with Crippen LogP contribution in [0.4, 0.5) is 0 Å². The second-order valence-corrected chi connectivity index (χ2v) is 9.68. The molecule has 2 heterocycles. The van der Waals surface area contributed by atoms with Crippen molar-refractivity contribution in [2.75, 3.05) is 20.3 Å². The Morgan fingerprint density at radius 2 is 2.03 bits per heavy atom. The molecule has 7 heteroatoms. The molecule has 0 fully saturated rings. The molecule has 3 rings (SSSR count). The Kier molecular flexibility index (Phi) is 13.7. The lowest BCUT2D eigenvalue weighted by Crippen LogP contribution is -2.30. The fourth-order valence-corrected chi connectivity index (χ4v) is 4.77. The van der Waals surface area contributed by atoms with Gasteiger partial charge in [0, 0.05) is 34.9 Å². The molecule has 0 radical (unpaired) electrons. The van der Waals surface area contributed by atoms with Crippen LogP contribution < -0.4 is 21.3 Å². The smallest absolute Gasteiger partial charge is 0.259 e. The van der Waals surface area contributed by atoms with E-state index in [2.05, 4.69) is 48.4 Å². The van der Waals surface area contributed by atoms with Crippen LogP contribution in [0.2, 0.25) is 0 Å². The van der Waals surface area contributed by atoms with Gasteiger partial charge in [-0.3, -0.25) is 9.63 Å². The summed E-state index contributed by atoms with van der Waals surface area (Å²) >= 11 is 1.73. The van der Waals surface area contributed by atoms with E-state index in [-0.39, 0.29) is 5.56 Å². The standard InChI is InChI=1S/C26H29NO2S.C4H12N2O/c1-5-8-11-19(7-3)18-29-21-13-10-12-20(15-21)24-17-27(4)26(28)23-16-22(14-9-6-2)30-25(23)24;1-3-4-5-6-7-2/h5,7-8,10-13,15-17H,3,6,9,14,18H2,1-2,4H3;5-6H,3-4H2,1-2H3/b8-5-,19-11+;. The lowest BCUT2D eigenvalue weighted by atomic mass is 10.1. The predicted molar refractivity (Wildman–Crippen MR) is 158 cm³/mol. The van der Waals surface area contributed by atoms with E-state index in [0.717, 1.165) is 64.8 Å². The minimum absolute atomic E-state index is 0.0601. The van der Waals surface area contributed by atoms with Gasteiger partial charge in [0.15, 0.2) is 0 Å². The number of hydrazine groups is 1. The minimum atomic E-state index is 0.0601. The van der Waals surface area contributed by atoms with E-state index in [0.29, 0.717) is 6.61 Å². The van der Waals surface area contributed by atoms with E-state index in [1.807, 2.05) is 62.7 Å². The Morgan fingerprint density at radius 1 is 1.22 bits per heavy atom. The molecule has 0 saturated carbocycles. The zero-order valence-electron chi connectivity index (χ0n) is 22.8. The van der Waals surface area contributed by atoms with Gasteiger partial charge in [-0.25, -0.2) is 5.43 Å². The molecular formula is C30H41N3O3S. The largest absolute Gasteiger partial charge is 0.489 e. The number of fused-ring (bicyclic) bond motifs is 1. The molecule has 2 aromatic heterocycles. The van der Waals surface area contributed by atoms with Gasteiger partial charge in [-0.15, -0.1) is 16.9 Å². The molecule has 0 aliphatic heterocycles. The molecule has 0 bridgehead atoms. The van der Waals surface area contributed by atoms with E-state index in [1.165, 1.54) is 4.88 Å². The summed E-state index contributed by atoms with van der Waals surface area (Å²) in [5.74, 6) is 0.797.